The quantitative estimate of drug-likeness (QED) is 0.387. The zero-order chi connectivity index (χ0) is 19.1. The second kappa shape index (κ2) is 9.25. The van der Waals surface area contributed by atoms with Crippen LogP contribution in [-0.2, 0) is 26.8 Å². The molecule has 0 atom stereocenters. The van der Waals surface area contributed by atoms with Crippen molar-refractivity contribution in [1.82, 2.24) is 0 Å². The molecule has 0 unspecified atom stereocenters. The van der Waals surface area contributed by atoms with Crippen LogP contribution < -0.4 is 0 Å². The Bertz CT molecular complexity index is 897. The molecule has 0 fully saturated rings. The van der Waals surface area contributed by atoms with Crippen molar-refractivity contribution in [2.75, 3.05) is 0 Å². The minimum absolute atomic E-state index is 0.0170. The highest BCUT2D eigenvalue weighted by atomic mass is 79.9. The average Bonchev–Trinajstić information content (AvgIpc) is 2.72. The molecule has 0 saturated heterocycles. The molecule has 3 aromatic rings. The van der Waals surface area contributed by atoms with Crippen molar-refractivity contribution in [1.29, 1.82) is 0 Å². The lowest BCUT2D eigenvalue weighted by molar-refractivity contribution is 0.0982. The second-order valence-corrected chi connectivity index (χ2v) is 8.57. The van der Waals surface area contributed by atoms with Crippen molar-refractivity contribution >= 4 is 29.1 Å². The molecule has 0 radical (unpaired) electrons. The van der Waals surface area contributed by atoms with Gasteiger partial charge in [0.2, 0.25) is 0 Å². The third-order valence-corrected chi connectivity index (χ3v) is 6.21. The third-order valence-electron chi connectivity index (χ3n) is 3.84. The lowest BCUT2D eigenvalue weighted by atomic mass is 10.2. The number of hydrogen-bond acceptors (Lipinski definition) is 4. The fraction of sp³-hybridized carbons (Fsp3) is 0.0952. The summed E-state index contributed by atoms with van der Waals surface area (Å²) in [5, 5.41) is 0. The standard InChI is InChI=1S/C21H18BrO4P/c22-20-14-8-7-13-19(20)21(23)27(24,25-15-17-9-3-1-4-10-17)26-16-18-11-5-2-6-12-18/h1-14H,15-16H2. The van der Waals surface area contributed by atoms with E-state index in [1.807, 2.05) is 60.7 Å². The highest BCUT2D eigenvalue weighted by Gasteiger charge is 2.37. The Morgan fingerprint density at radius 1 is 0.741 bits per heavy atom. The first-order chi connectivity index (χ1) is 13.1. The highest BCUT2D eigenvalue weighted by molar-refractivity contribution is 9.10. The third kappa shape index (κ3) is 5.24. The van der Waals surface area contributed by atoms with Gasteiger partial charge >= 0.3 is 7.60 Å². The molecule has 0 heterocycles. The lowest BCUT2D eigenvalue weighted by Gasteiger charge is -2.18. The molecule has 4 nitrogen and oxygen atoms in total. The van der Waals surface area contributed by atoms with Gasteiger partial charge in [0.05, 0.1) is 13.2 Å². The van der Waals surface area contributed by atoms with Crippen LogP contribution in [0, 0.1) is 0 Å². The number of carbonyl (C=O) groups is 1. The molecule has 3 rings (SSSR count). The van der Waals surface area contributed by atoms with E-state index < -0.39 is 13.1 Å². The SMILES string of the molecule is O=C(c1ccccc1Br)P(=O)(OCc1ccccc1)OCc1ccccc1. The van der Waals surface area contributed by atoms with E-state index in [2.05, 4.69) is 15.9 Å². The Kier molecular flexibility index (Phi) is 6.75. The summed E-state index contributed by atoms with van der Waals surface area (Å²) in [6.07, 6.45) is 0. The summed E-state index contributed by atoms with van der Waals surface area (Å²) in [4.78, 5) is 13.0. The maximum atomic E-state index is 13.4. The van der Waals surface area contributed by atoms with Crippen LogP contribution in [0.4, 0.5) is 0 Å². The van der Waals surface area contributed by atoms with Crippen LogP contribution in [0.1, 0.15) is 21.5 Å². The molecule has 0 aliphatic carbocycles. The van der Waals surface area contributed by atoms with Crippen molar-refractivity contribution in [3.05, 3.63) is 106 Å². The minimum Gasteiger partial charge on any atom is -0.298 e. The van der Waals surface area contributed by atoms with E-state index in [1.54, 1.807) is 24.3 Å². The second-order valence-electron chi connectivity index (χ2n) is 5.80. The first kappa shape index (κ1) is 19.7. The maximum absolute atomic E-state index is 13.4. The fourth-order valence-electron chi connectivity index (χ4n) is 2.40. The van der Waals surface area contributed by atoms with Gasteiger partial charge in [0, 0.05) is 10.0 Å². The summed E-state index contributed by atoms with van der Waals surface area (Å²) in [6.45, 7) is 0.0339. The zero-order valence-electron chi connectivity index (χ0n) is 14.5. The van der Waals surface area contributed by atoms with Crippen molar-refractivity contribution in [3.8, 4) is 0 Å². The van der Waals surface area contributed by atoms with Crippen LogP contribution in [-0.4, -0.2) is 5.52 Å². The van der Waals surface area contributed by atoms with Crippen molar-refractivity contribution in [3.63, 3.8) is 0 Å². The summed E-state index contributed by atoms with van der Waals surface area (Å²) < 4.78 is 25.1. The molecule has 0 saturated carbocycles. The first-order valence-corrected chi connectivity index (χ1v) is 10.7. The molecular weight excluding hydrogens is 427 g/mol. The van der Waals surface area contributed by atoms with E-state index in [9.17, 15) is 9.36 Å². The summed E-state index contributed by atoms with van der Waals surface area (Å²) in [5.74, 6) is 0. The van der Waals surface area contributed by atoms with Crippen LogP contribution in [0.2, 0.25) is 0 Å². The number of halogens is 1. The smallest absolute Gasteiger partial charge is 0.298 e. The first-order valence-electron chi connectivity index (χ1n) is 8.35. The Morgan fingerprint density at radius 3 is 1.67 bits per heavy atom. The highest BCUT2D eigenvalue weighted by Crippen LogP contribution is 2.53. The lowest BCUT2D eigenvalue weighted by Crippen LogP contribution is -2.08. The molecule has 3 aromatic carbocycles. The Labute approximate surface area is 166 Å². The molecule has 0 bridgehead atoms. The van der Waals surface area contributed by atoms with E-state index in [-0.39, 0.29) is 18.8 Å². The topological polar surface area (TPSA) is 52.6 Å². The number of benzene rings is 3. The molecular formula is C21H18BrO4P. The summed E-state index contributed by atoms with van der Waals surface area (Å²) >= 11 is 3.33. The van der Waals surface area contributed by atoms with Crippen molar-refractivity contribution in [2.45, 2.75) is 13.2 Å². The molecule has 27 heavy (non-hydrogen) atoms. The number of hydrogen-bond donors (Lipinski definition) is 0. The molecule has 0 aliphatic rings. The van der Waals surface area contributed by atoms with Gasteiger partial charge in [-0.25, -0.2) is 0 Å². The normalized spacial score (nSPS) is 11.3. The fourth-order valence-corrected chi connectivity index (χ4v) is 4.46. The number of rotatable bonds is 8. The average molecular weight is 445 g/mol. The van der Waals surface area contributed by atoms with Gasteiger partial charge in [0.1, 0.15) is 0 Å². The molecule has 0 spiro atoms. The van der Waals surface area contributed by atoms with Crippen LogP contribution in [0.3, 0.4) is 0 Å². The van der Waals surface area contributed by atoms with E-state index in [1.165, 1.54) is 0 Å². The predicted octanol–water partition coefficient (Wildman–Crippen LogP) is 6.22. The summed E-state index contributed by atoms with van der Waals surface area (Å²) in [6, 6.07) is 25.3. The molecule has 0 aliphatic heterocycles. The predicted molar refractivity (Wildman–Crippen MR) is 109 cm³/mol. The summed E-state index contributed by atoms with van der Waals surface area (Å²) in [7, 11) is -4.06. The Balaban J connectivity index is 1.84. The Hall–Kier alpha value is -2.04. The maximum Gasteiger partial charge on any atom is 0.402 e. The van der Waals surface area contributed by atoms with E-state index >= 15 is 0 Å². The van der Waals surface area contributed by atoms with Gasteiger partial charge in [-0.3, -0.25) is 18.4 Å². The van der Waals surface area contributed by atoms with Gasteiger partial charge in [-0.1, -0.05) is 88.7 Å². The minimum atomic E-state index is -4.06. The molecule has 0 N–H and O–H groups in total. The van der Waals surface area contributed by atoms with Crippen molar-refractivity contribution in [2.24, 2.45) is 0 Å². The van der Waals surface area contributed by atoms with Crippen LogP contribution in [0.5, 0.6) is 0 Å². The van der Waals surface area contributed by atoms with Crippen LogP contribution in [0.15, 0.2) is 89.4 Å². The van der Waals surface area contributed by atoms with Crippen molar-refractivity contribution < 1.29 is 18.4 Å². The molecule has 6 heteroatoms. The van der Waals surface area contributed by atoms with E-state index in [0.717, 1.165) is 11.1 Å². The van der Waals surface area contributed by atoms with Gasteiger partial charge in [0.25, 0.3) is 5.52 Å². The van der Waals surface area contributed by atoms with Crippen LogP contribution in [0.25, 0.3) is 0 Å². The monoisotopic (exact) mass is 444 g/mol. The van der Waals surface area contributed by atoms with Gasteiger partial charge in [-0.2, -0.15) is 0 Å². The van der Waals surface area contributed by atoms with Gasteiger partial charge < -0.3 is 0 Å². The van der Waals surface area contributed by atoms with Gasteiger partial charge in [0.15, 0.2) is 0 Å². The molecule has 138 valence electrons. The molecule has 0 amide bonds. The van der Waals surface area contributed by atoms with Crippen LogP contribution >= 0.6 is 23.5 Å². The number of carbonyl (C=O) groups excluding carboxylic acids is 1. The molecule has 0 aromatic heterocycles. The van der Waals surface area contributed by atoms with Gasteiger partial charge in [-0.05, 0) is 23.3 Å². The Morgan fingerprint density at radius 2 is 1.19 bits per heavy atom. The van der Waals surface area contributed by atoms with E-state index in [0.29, 0.717) is 4.47 Å². The van der Waals surface area contributed by atoms with Gasteiger partial charge in [-0.15, -0.1) is 0 Å². The summed E-state index contributed by atoms with van der Waals surface area (Å²) in [5.41, 5.74) is 1.21. The zero-order valence-corrected chi connectivity index (χ0v) is 16.9. The van der Waals surface area contributed by atoms with E-state index in [4.69, 9.17) is 9.05 Å². The largest absolute Gasteiger partial charge is 0.402 e.